The number of nitrogens with one attached hydrogen (secondary N) is 1. The zero-order chi connectivity index (χ0) is 18.2. The lowest BCUT2D eigenvalue weighted by molar-refractivity contribution is -0.117. The van der Waals surface area contributed by atoms with E-state index < -0.39 is 6.04 Å². The molecule has 1 atom stereocenters. The molecule has 138 valence electrons. The smallest absolute Gasteiger partial charge is 0.244 e. The minimum Gasteiger partial charge on any atom is -0.394 e. The van der Waals surface area contributed by atoms with E-state index in [2.05, 4.69) is 22.3 Å². The van der Waals surface area contributed by atoms with Gasteiger partial charge in [0, 0.05) is 30.6 Å². The van der Waals surface area contributed by atoms with Crippen molar-refractivity contribution in [3.63, 3.8) is 0 Å². The third kappa shape index (κ3) is 5.51. The van der Waals surface area contributed by atoms with Gasteiger partial charge in [-0.1, -0.05) is 30.3 Å². The Morgan fingerprint density at radius 2 is 2.15 bits per heavy atom. The van der Waals surface area contributed by atoms with Gasteiger partial charge in [-0.2, -0.15) is 0 Å². The summed E-state index contributed by atoms with van der Waals surface area (Å²) in [5.41, 5.74) is 2.09. The van der Waals surface area contributed by atoms with Crippen molar-refractivity contribution in [3.05, 3.63) is 63.9 Å². The van der Waals surface area contributed by atoms with Gasteiger partial charge < -0.3 is 15.2 Å². The summed E-state index contributed by atoms with van der Waals surface area (Å²) in [4.78, 5) is 15.5. The number of aliphatic hydroxyl groups is 1. The number of amides is 1. The minimum absolute atomic E-state index is 0.139. The Bertz CT molecular complexity index is 724. The molecule has 6 heteroatoms. The average molecular weight is 372 g/mol. The van der Waals surface area contributed by atoms with Crippen LogP contribution in [0.5, 0.6) is 0 Å². The van der Waals surface area contributed by atoms with Crippen LogP contribution in [0.1, 0.15) is 22.0 Å². The third-order valence-corrected chi connectivity index (χ3v) is 5.14. The van der Waals surface area contributed by atoms with Gasteiger partial charge >= 0.3 is 0 Å². The first kappa shape index (κ1) is 18.8. The van der Waals surface area contributed by atoms with Crippen LogP contribution in [0.2, 0.25) is 0 Å². The van der Waals surface area contributed by atoms with E-state index in [4.69, 9.17) is 4.74 Å². The van der Waals surface area contributed by atoms with Crippen LogP contribution in [0.4, 0.5) is 0 Å². The van der Waals surface area contributed by atoms with Gasteiger partial charge in [0.05, 0.1) is 25.9 Å². The second-order valence-electron chi connectivity index (χ2n) is 6.23. The summed E-state index contributed by atoms with van der Waals surface area (Å²) in [5.74, 6) is -0.212. The van der Waals surface area contributed by atoms with Crippen molar-refractivity contribution in [2.45, 2.75) is 12.6 Å². The number of ether oxygens (including phenoxy) is 1. The third-order valence-electron chi connectivity index (χ3n) is 4.30. The summed E-state index contributed by atoms with van der Waals surface area (Å²) in [6, 6.07) is 11.5. The second kappa shape index (κ2) is 9.64. The number of rotatable bonds is 7. The van der Waals surface area contributed by atoms with E-state index in [1.165, 1.54) is 11.6 Å². The number of aliphatic hydroxyl groups excluding tert-OH is 1. The fraction of sp³-hybridized carbons (Fsp3) is 0.350. The maximum atomic E-state index is 12.2. The normalized spacial score (nSPS) is 16.7. The van der Waals surface area contributed by atoms with Crippen LogP contribution in [0.3, 0.4) is 0 Å². The Hall–Kier alpha value is -1.99. The molecule has 1 fully saturated rings. The number of thiophene rings is 1. The van der Waals surface area contributed by atoms with E-state index in [9.17, 15) is 9.90 Å². The average Bonchev–Trinajstić information content (AvgIpc) is 3.19. The van der Waals surface area contributed by atoms with Crippen molar-refractivity contribution >= 4 is 23.3 Å². The van der Waals surface area contributed by atoms with Gasteiger partial charge in [0.25, 0.3) is 0 Å². The molecule has 0 radical (unpaired) electrons. The number of morpholine rings is 1. The van der Waals surface area contributed by atoms with Crippen molar-refractivity contribution in [1.29, 1.82) is 0 Å². The van der Waals surface area contributed by atoms with Gasteiger partial charge in [-0.15, -0.1) is 11.3 Å². The van der Waals surface area contributed by atoms with E-state index in [1.54, 1.807) is 17.4 Å². The zero-order valence-corrected chi connectivity index (χ0v) is 15.5. The molecule has 1 saturated heterocycles. The highest BCUT2D eigenvalue weighted by Crippen LogP contribution is 2.17. The molecule has 0 aliphatic carbocycles. The van der Waals surface area contributed by atoms with Gasteiger partial charge in [-0.25, -0.2) is 0 Å². The molecule has 1 amide bonds. The van der Waals surface area contributed by atoms with E-state index in [0.29, 0.717) is 0 Å². The van der Waals surface area contributed by atoms with Crippen molar-refractivity contribution in [1.82, 2.24) is 10.2 Å². The predicted octanol–water partition coefficient (Wildman–Crippen LogP) is 2.44. The lowest BCUT2D eigenvalue weighted by Crippen LogP contribution is -2.35. The predicted molar refractivity (Wildman–Crippen MR) is 104 cm³/mol. The van der Waals surface area contributed by atoms with Crippen LogP contribution in [0.25, 0.3) is 6.08 Å². The Balaban J connectivity index is 1.61. The molecule has 0 spiro atoms. The highest BCUT2D eigenvalue weighted by Gasteiger charge is 2.15. The number of carbonyl (C=O) groups excluding carboxylic acids is 1. The summed E-state index contributed by atoms with van der Waals surface area (Å²) < 4.78 is 5.38. The molecule has 2 N–H and O–H groups in total. The number of hydrogen-bond donors (Lipinski definition) is 2. The maximum Gasteiger partial charge on any atom is 0.244 e. The first-order valence-electron chi connectivity index (χ1n) is 8.76. The van der Waals surface area contributed by atoms with Gasteiger partial charge in [-0.3, -0.25) is 9.69 Å². The molecule has 1 aliphatic heterocycles. The maximum absolute atomic E-state index is 12.2. The summed E-state index contributed by atoms with van der Waals surface area (Å²) in [6.45, 7) is 4.11. The summed E-state index contributed by atoms with van der Waals surface area (Å²) in [6.07, 6.45) is 3.29. The number of hydrogen-bond acceptors (Lipinski definition) is 5. The molecule has 1 aromatic carbocycles. The molecule has 1 aromatic heterocycles. The van der Waals surface area contributed by atoms with Crippen LogP contribution in [-0.4, -0.2) is 48.8 Å². The minimum atomic E-state index is -0.417. The molecule has 1 unspecified atom stereocenters. The van der Waals surface area contributed by atoms with E-state index in [-0.39, 0.29) is 12.5 Å². The Morgan fingerprint density at radius 1 is 1.31 bits per heavy atom. The van der Waals surface area contributed by atoms with E-state index >= 15 is 0 Å². The van der Waals surface area contributed by atoms with Crippen LogP contribution < -0.4 is 5.32 Å². The molecular formula is C20H24N2O3S. The van der Waals surface area contributed by atoms with Gasteiger partial charge in [-0.05, 0) is 28.6 Å². The molecule has 3 rings (SSSR count). The second-order valence-corrected chi connectivity index (χ2v) is 7.21. The van der Waals surface area contributed by atoms with E-state index in [0.717, 1.165) is 43.3 Å². The first-order chi connectivity index (χ1) is 12.7. The van der Waals surface area contributed by atoms with Gasteiger partial charge in [0.1, 0.15) is 0 Å². The highest BCUT2D eigenvalue weighted by molar-refractivity contribution is 7.10. The summed E-state index contributed by atoms with van der Waals surface area (Å²) in [7, 11) is 0. The fourth-order valence-electron chi connectivity index (χ4n) is 2.92. The molecule has 0 saturated carbocycles. The SMILES string of the molecule is O=C(C=Cc1cccs1)NC(CO)c1cccc(CN2CCOCC2)c1. The number of carbonyl (C=O) groups is 1. The Labute approximate surface area is 157 Å². The van der Waals surface area contributed by atoms with Crippen molar-refractivity contribution in [3.8, 4) is 0 Å². The largest absolute Gasteiger partial charge is 0.394 e. The number of nitrogens with zero attached hydrogens (tertiary/aromatic N) is 1. The molecular weight excluding hydrogens is 348 g/mol. The lowest BCUT2D eigenvalue weighted by Gasteiger charge is -2.27. The van der Waals surface area contributed by atoms with Crippen LogP contribution in [0.15, 0.2) is 47.9 Å². The van der Waals surface area contributed by atoms with Crippen molar-refractivity contribution in [2.24, 2.45) is 0 Å². The fourth-order valence-corrected chi connectivity index (χ4v) is 3.54. The Kier molecular flexibility index (Phi) is 6.96. The summed E-state index contributed by atoms with van der Waals surface area (Å²) >= 11 is 1.57. The van der Waals surface area contributed by atoms with Crippen LogP contribution in [-0.2, 0) is 16.1 Å². The van der Waals surface area contributed by atoms with Crippen LogP contribution >= 0.6 is 11.3 Å². The van der Waals surface area contributed by atoms with E-state index in [1.807, 2.05) is 29.6 Å². The van der Waals surface area contributed by atoms with Gasteiger partial charge in [0.15, 0.2) is 0 Å². The molecule has 5 nitrogen and oxygen atoms in total. The Morgan fingerprint density at radius 3 is 2.88 bits per heavy atom. The lowest BCUT2D eigenvalue weighted by atomic mass is 10.0. The highest BCUT2D eigenvalue weighted by atomic mass is 32.1. The quantitative estimate of drug-likeness (QED) is 0.733. The van der Waals surface area contributed by atoms with Crippen molar-refractivity contribution in [2.75, 3.05) is 32.9 Å². The molecule has 2 aromatic rings. The first-order valence-corrected chi connectivity index (χ1v) is 9.64. The molecule has 1 aliphatic rings. The summed E-state index contributed by atoms with van der Waals surface area (Å²) in [5, 5.41) is 14.6. The monoisotopic (exact) mass is 372 g/mol. The molecule has 26 heavy (non-hydrogen) atoms. The van der Waals surface area contributed by atoms with Gasteiger partial charge in [0.2, 0.25) is 5.91 Å². The van der Waals surface area contributed by atoms with Crippen molar-refractivity contribution < 1.29 is 14.6 Å². The topological polar surface area (TPSA) is 61.8 Å². The number of benzene rings is 1. The standard InChI is InChI=1S/C20H24N2O3S/c23-15-19(21-20(24)7-6-18-5-2-12-26-18)17-4-1-3-16(13-17)14-22-8-10-25-11-9-22/h1-7,12-13,19,23H,8-11,14-15H2,(H,21,24). The zero-order valence-electron chi connectivity index (χ0n) is 14.6. The molecule has 2 heterocycles. The van der Waals surface area contributed by atoms with Crippen LogP contribution in [0, 0.1) is 0 Å². The molecule has 0 bridgehead atoms.